The molecule has 0 aliphatic carbocycles. The Hall–Kier alpha value is -0.940. The van der Waals surface area contributed by atoms with E-state index in [1.165, 1.54) is 6.42 Å². The molecule has 1 aliphatic heterocycles. The smallest absolute Gasteiger partial charge is 0.114 e. The van der Waals surface area contributed by atoms with E-state index in [9.17, 15) is 0 Å². The normalized spacial score (nSPS) is 29.7. The number of methoxy groups -OCH3 is 1. The third-order valence-corrected chi connectivity index (χ3v) is 4.04. The van der Waals surface area contributed by atoms with Crippen LogP contribution in [0.3, 0.4) is 0 Å². The summed E-state index contributed by atoms with van der Waals surface area (Å²) in [5.74, 6) is 0.305. The third kappa shape index (κ3) is 6.60. The lowest BCUT2D eigenvalue weighted by molar-refractivity contribution is -0.178. The summed E-state index contributed by atoms with van der Waals surface area (Å²) in [5, 5.41) is 0. The molecular formula is C19H33NO3. The van der Waals surface area contributed by atoms with E-state index in [4.69, 9.17) is 19.9 Å². The van der Waals surface area contributed by atoms with Crippen molar-refractivity contribution >= 4 is 0 Å². The number of unbranched alkanes of at least 4 members (excludes halogenated alkanes) is 1. The Morgan fingerprint density at radius 3 is 2.70 bits per heavy atom. The van der Waals surface area contributed by atoms with Gasteiger partial charge in [-0.1, -0.05) is 50.6 Å². The highest BCUT2D eigenvalue weighted by Gasteiger charge is 2.40. The van der Waals surface area contributed by atoms with Gasteiger partial charge < -0.3 is 19.9 Å². The predicted octanol–water partition coefficient (Wildman–Crippen LogP) is 3.24. The predicted molar refractivity (Wildman–Crippen MR) is 95.4 cm³/mol. The number of hydrogen-bond donors (Lipinski definition) is 1. The maximum Gasteiger partial charge on any atom is 0.114 e. The molecule has 23 heavy (non-hydrogen) atoms. The van der Waals surface area contributed by atoms with E-state index in [1.807, 2.05) is 12.2 Å². The molecule has 0 spiro atoms. The maximum absolute atomic E-state index is 6.02. The lowest BCUT2D eigenvalue weighted by Gasteiger charge is -2.41. The van der Waals surface area contributed by atoms with Gasteiger partial charge in [-0.05, 0) is 18.9 Å². The quantitative estimate of drug-likeness (QED) is 0.662. The Kier molecular flexibility index (Phi) is 10.1. The molecule has 1 rings (SSSR count). The van der Waals surface area contributed by atoms with E-state index >= 15 is 0 Å². The molecule has 0 radical (unpaired) electrons. The number of nitrogens with two attached hydrogens (primary N) is 1. The fraction of sp³-hybridized carbons (Fsp3) is 0.684. The topological polar surface area (TPSA) is 53.7 Å². The van der Waals surface area contributed by atoms with Gasteiger partial charge in [-0.3, -0.25) is 0 Å². The van der Waals surface area contributed by atoms with Crippen molar-refractivity contribution in [1.29, 1.82) is 0 Å². The van der Waals surface area contributed by atoms with E-state index in [0.717, 1.165) is 12.0 Å². The lowest BCUT2D eigenvalue weighted by Crippen LogP contribution is -2.52. The first-order valence-corrected chi connectivity index (χ1v) is 8.61. The number of rotatable bonds is 9. The molecule has 4 heteroatoms. The molecule has 1 aliphatic rings. The van der Waals surface area contributed by atoms with E-state index in [0.29, 0.717) is 25.7 Å². The van der Waals surface area contributed by atoms with Crippen LogP contribution in [0.25, 0.3) is 0 Å². The zero-order chi connectivity index (χ0) is 17.1. The minimum absolute atomic E-state index is 0.0251. The van der Waals surface area contributed by atoms with Crippen molar-refractivity contribution in [3.63, 3.8) is 0 Å². The molecule has 0 aromatic heterocycles. The molecule has 4 atom stereocenters. The molecule has 0 unspecified atom stereocenters. The molecule has 132 valence electrons. The van der Waals surface area contributed by atoms with Crippen LogP contribution in [0.2, 0.25) is 0 Å². The van der Waals surface area contributed by atoms with Crippen molar-refractivity contribution < 1.29 is 14.2 Å². The van der Waals surface area contributed by atoms with Crippen LogP contribution in [-0.2, 0) is 14.2 Å². The first kappa shape index (κ1) is 20.1. The van der Waals surface area contributed by atoms with Crippen LogP contribution < -0.4 is 5.73 Å². The average molecular weight is 323 g/mol. The van der Waals surface area contributed by atoms with Crippen molar-refractivity contribution in [2.45, 2.75) is 51.9 Å². The third-order valence-electron chi connectivity index (χ3n) is 4.04. The second-order valence-corrected chi connectivity index (χ2v) is 6.07. The summed E-state index contributed by atoms with van der Waals surface area (Å²) in [6.45, 7) is 8.07. The Morgan fingerprint density at radius 1 is 1.26 bits per heavy atom. The molecule has 0 amide bonds. The summed E-state index contributed by atoms with van der Waals surface area (Å²) in [4.78, 5) is 0. The average Bonchev–Trinajstić information content (AvgIpc) is 2.55. The van der Waals surface area contributed by atoms with Gasteiger partial charge in [0, 0.05) is 19.6 Å². The highest BCUT2D eigenvalue weighted by atomic mass is 16.6. The summed E-state index contributed by atoms with van der Waals surface area (Å²) in [6, 6.07) is 0. The largest absolute Gasteiger partial charge is 0.378 e. The van der Waals surface area contributed by atoms with Crippen molar-refractivity contribution in [3.8, 4) is 0 Å². The van der Waals surface area contributed by atoms with Crippen LogP contribution in [0.15, 0.2) is 36.0 Å². The van der Waals surface area contributed by atoms with E-state index in [2.05, 4.69) is 39.0 Å². The molecule has 0 aromatic rings. The monoisotopic (exact) mass is 323 g/mol. The van der Waals surface area contributed by atoms with Gasteiger partial charge in [0.15, 0.2) is 0 Å². The summed E-state index contributed by atoms with van der Waals surface area (Å²) in [6.07, 6.45) is 12.5. The van der Waals surface area contributed by atoms with Crippen LogP contribution in [0.4, 0.5) is 0 Å². The van der Waals surface area contributed by atoms with Crippen LogP contribution in [0.5, 0.6) is 0 Å². The van der Waals surface area contributed by atoms with Crippen molar-refractivity contribution in [2.24, 2.45) is 11.7 Å². The van der Waals surface area contributed by atoms with E-state index in [1.54, 1.807) is 7.11 Å². The molecule has 1 heterocycles. The van der Waals surface area contributed by atoms with Gasteiger partial charge in [0.05, 0.1) is 19.3 Å². The van der Waals surface area contributed by atoms with Gasteiger partial charge in [0.1, 0.15) is 12.2 Å². The standard InChI is InChI=1S/C19H33NO3/c1-5-6-7-8-9-10-11-15(2)18-19(22-13-12-20)17(21-4)16(3)14-23-18/h7-11,16-19H,5-6,12-14,20H2,1-4H3/b8-7+,10-9+,15-11+/t16-,17-,18-,19+/m0/s1. The van der Waals surface area contributed by atoms with E-state index in [-0.39, 0.29) is 18.3 Å². The highest BCUT2D eigenvalue weighted by molar-refractivity contribution is 5.20. The van der Waals surface area contributed by atoms with Crippen LogP contribution in [-0.4, -0.2) is 45.2 Å². The van der Waals surface area contributed by atoms with Crippen LogP contribution in [0.1, 0.15) is 33.6 Å². The molecule has 1 saturated heterocycles. The first-order valence-electron chi connectivity index (χ1n) is 8.61. The Balaban J connectivity index is 2.75. The van der Waals surface area contributed by atoms with Gasteiger partial charge in [0.25, 0.3) is 0 Å². The molecule has 4 nitrogen and oxygen atoms in total. The van der Waals surface area contributed by atoms with Gasteiger partial charge in [-0.15, -0.1) is 0 Å². The van der Waals surface area contributed by atoms with Crippen LogP contribution in [0, 0.1) is 5.92 Å². The van der Waals surface area contributed by atoms with Gasteiger partial charge >= 0.3 is 0 Å². The first-order chi connectivity index (χ1) is 11.2. The lowest BCUT2D eigenvalue weighted by atomic mass is 9.90. The molecular weight excluding hydrogens is 290 g/mol. The Morgan fingerprint density at radius 2 is 2.04 bits per heavy atom. The second-order valence-electron chi connectivity index (χ2n) is 6.07. The van der Waals surface area contributed by atoms with Crippen LogP contribution >= 0.6 is 0 Å². The Bertz CT molecular complexity index is 403. The molecule has 0 saturated carbocycles. The summed E-state index contributed by atoms with van der Waals surface area (Å²) < 4.78 is 17.6. The van der Waals surface area contributed by atoms with E-state index < -0.39 is 0 Å². The van der Waals surface area contributed by atoms with Gasteiger partial charge in [-0.2, -0.15) is 0 Å². The summed E-state index contributed by atoms with van der Waals surface area (Å²) in [5.41, 5.74) is 6.73. The fourth-order valence-corrected chi connectivity index (χ4v) is 2.79. The zero-order valence-corrected chi connectivity index (χ0v) is 15.0. The van der Waals surface area contributed by atoms with Gasteiger partial charge in [-0.25, -0.2) is 0 Å². The zero-order valence-electron chi connectivity index (χ0n) is 15.0. The van der Waals surface area contributed by atoms with Crippen molar-refractivity contribution in [2.75, 3.05) is 26.9 Å². The minimum atomic E-state index is -0.118. The molecule has 2 N–H and O–H groups in total. The molecule has 0 aromatic carbocycles. The number of allylic oxidation sites excluding steroid dienone is 5. The number of hydrogen-bond acceptors (Lipinski definition) is 4. The highest BCUT2D eigenvalue weighted by Crippen LogP contribution is 2.28. The summed E-state index contributed by atoms with van der Waals surface area (Å²) >= 11 is 0. The summed E-state index contributed by atoms with van der Waals surface area (Å²) in [7, 11) is 1.74. The van der Waals surface area contributed by atoms with Crippen molar-refractivity contribution in [1.82, 2.24) is 0 Å². The fourth-order valence-electron chi connectivity index (χ4n) is 2.79. The van der Waals surface area contributed by atoms with Gasteiger partial charge in [0.2, 0.25) is 0 Å². The second kappa shape index (κ2) is 11.6. The molecule has 0 bridgehead atoms. The minimum Gasteiger partial charge on any atom is -0.378 e. The number of ether oxygens (including phenoxy) is 3. The van der Waals surface area contributed by atoms with Crippen molar-refractivity contribution in [3.05, 3.63) is 36.0 Å². The SMILES string of the molecule is CCC/C=C/C=C/C=C(\C)[C@@H]1OC[C@H](C)[C@H](OC)[C@H]1OCCN. The maximum atomic E-state index is 6.02. The Labute approximate surface area is 141 Å². The molecule has 1 fully saturated rings.